The molecule has 0 saturated heterocycles. The van der Waals surface area contributed by atoms with Crippen molar-refractivity contribution in [1.29, 1.82) is 0 Å². The fourth-order valence-electron chi connectivity index (χ4n) is 1.96. The Balaban J connectivity index is 2.29. The first kappa shape index (κ1) is 13.5. The predicted octanol–water partition coefficient (Wildman–Crippen LogP) is 5.16. The minimum Gasteiger partial charge on any atom is -0.225 e. The third-order valence-electron chi connectivity index (χ3n) is 3.02. The Labute approximate surface area is 128 Å². The van der Waals surface area contributed by atoms with E-state index in [2.05, 4.69) is 25.9 Å². The molecule has 1 aromatic heterocycles. The van der Waals surface area contributed by atoms with Crippen LogP contribution >= 0.6 is 27.5 Å². The van der Waals surface area contributed by atoms with E-state index in [1.807, 2.05) is 31.2 Å². The van der Waals surface area contributed by atoms with E-state index in [0.29, 0.717) is 15.7 Å². The summed E-state index contributed by atoms with van der Waals surface area (Å²) < 4.78 is 14.6. The van der Waals surface area contributed by atoms with Crippen LogP contribution in [0.4, 0.5) is 4.39 Å². The van der Waals surface area contributed by atoms with Gasteiger partial charge in [-0.25, -0.2) is 14.4 Å². The number of aryl methyl sites for hydroxylation is 1. The lowest BCUT2D eigenvalue weighted by Crippen LogP contribution is -1.95. The van der Waals surface area contributed by atoms with Crippen molar-refractivity contribution in [2.24, 2.45) is 0 Å². The zero-order valence-electron chi connectivity index (χ0n) is 10.5. The molecule has 0 atom stereocenters. The lowest BCUT2D eigenvalue weighted by molar-refractivity contribution is 0.636. The first-order valence-corrected chi connectivity index (χ1v) is 7.11. The average Bonchev–Trinajstić information content (AvgIpc) is 2.43. The first-order valence-electron chi connectivity index (χ1n) is 5.94. The second-order valence-electron chi connectivity index (χ2n) is 4.46. The summed E-state index contributed by atoms with van der Waals surface area (Å²) in [4.78, 5) is 8.56. The number of aromatic nitrogens is 2. The van der Waals surface area contributed by atoms with Crippen LogP contribution in [0.1, 0.15) is 5.56 Å². The van der Waals surface area contributed by atoms with Gasteiger partial charge in [0.25, 0.3) is 0 Å². The minimum absolute atomic E-state index is 0.218. The van der Waals surface area contributed by atoms with Gasteiger partial charge in [0, 0.05) is 10.0 Å². The Morgan fingerprint density at radius 1 is 1.05 bits per heavy atom. The summed E-state index contributed by atoms with van der Waals surface area (Å²) in [5, 5.41) is 0.722. The molecule has 0 aliphatic carbocycles. The summed E-state index contributed by atoms with van der Waals surface area (Å²) in [6, 6.07) is 10.6. The van der Waals surface area contributed by atoms with Crippen molar-refractivity contribution in [3.8, 4) is 11.4 Å². The molecule has 2 aromatic carbocycles. The van der Waals surface area contributed by atoms with Crippen molar-refractivity contribution >= 4 is 38.4 Å². The van der Waals surface area contributed by atoms with E-state index in [-0.39, 0.29) is 10.7 Å². The normalized spacial score (nSPS) is 11.0. The lowest BCUT2D eigenvalue weighted by Gasteiger charge is -2.07. The highest BCUT2D eigenvalue weighted by Gasteiger charge is 2.13. The quantitative estimate of drug-likeness (QED) is 0.566. The fourth-order valence-corrected chi connectivity index (χ4v) is 2.85. The monoisotopic (exact) mass is 350 g/mol. The van der Waals surface area contributed by atoms with Crippen LogP contribution in [0.3, 0.4) is 0 Å². The largest absolute Gasteiger partial charge is 0.225 e. The molecule has 3 rings (SSSR count). The maximum absolute atomic E-state index is 13.9. The van der Waals surface area contributed by atoms with Gasteiger partial charge in [-0.2, -0.15) is 0 Å². The van der Waals surface area contributed by atoms with E-state index in [9.17, 15) is 4.39 Å². The van der Waals surface area contributed by atoms with E-state index in [0.717, 1.165) is 11.1 Å². The molecule has 2 nitrogen and oxygen atoms in total. The minimum atomic E-state index is -0.416. The average molecular weight is 352 g/mol. The van der Waals surface area contributed by atoms with Crippen molar-refractivity contribution in [3.63, 3.8) is 0 Å². The Bertz CT molecular complexity index is 803. The van der Waals surface area contributed by atoms with E-state index in [4.69, 9.17) is 11.6 Å². The lowest BCUT2D eigenvalue weighted by atomic mass is 10.1. The molecule has 0 aliphatic heterocycles. The van der Waals surface area contributed by atoms with Crippen LogP contribution in [-0.2, 0) is 0 Å². The van der Waals surface area contributed by atoms with Crippen LogP contribution in [0.25, 0.3) is 22.3 Å². The van der Waals surface area contributed by atoms with Gasteiger partial charge >= 0.3 is 0 Å². The highest BCUT2D eigenvalue weighted by Crippen LogP contribution is 2.32. The van der Waals surface area contributed by atoms with E-state index < -0.39 is 5.82 Å². The number of benzene rings is 2. The summed E-state index contributed by atoms with van der Waals surface area (Å²) >= 11 is 9.51. The smallest absolute Gasteiger partial charge is 0.161 e. The number of fused-ring (bicyclic) bond motifs is 1. The molecule has 100 valence electrons. The number of halogens is 3. The summed E-state index contributed by atoms with van der Waals surface area (Å²) in [7, 11) is 0. The van der Waals surface area contributed by atoms with Crippen LogP contribution in [0, 0.1) is 12.7 Å². The molecule has 0 unspecified atom stereocenters. The maximum Gasteiger partial charge on any atom is 0.161 e. The van der Waals surface area contributed by atoms with Gasteiger partial charge < -0.3 is 0 Å². The van der Waals surface area contributed by atoms with Crippen LogP contribution in [-0.4, -0.2) is 9.97 Å². The molecule has 0 spiro atoms. The molecule has 20 heavy (non-hydrogen) atoms. The second-order valence-corrected chi connectivity index (χ2v) is 5.67. The molecule has 3 aromatic rings. The maximum atomic E-state index is 13.9. The molecule has 1 heterocycles. The molecular weight excluding hydrogens is 343 g/mol. The van der Waals surface area contributed by atoms with Crippen molar-refractivity contribution in [2.45, 2.75) is 6.92 Å². The van der Waals surface area contributed by atoms with Gasteiger partial charge in [-0.3, -0.25) is 0 Å². The van der Waals surface area contributed by atoms with Gasteiger partial charge in [0.1, 0.15) is 16.5 Å². The molecule has 0 aliphatic rings. The fraction of sp³-hybridized carbons (Fsp3) is 0.0667. The van der Waals surface area contributed by atoms with Crippen molar-refractivity contribution in [2.75, 3.05) is 0 Å². The van der Waals surface area contributed by atoms with Gasteiger partial charge in [-0.1, -0.05) is 41.4 Å². The zero-order valence-corrected chi connectivity index (χ0v) is 12.8. The second kappa shape index (κ2) is 5.11. The number of nitrogens with zero attached hydrogens (tertiary/aromatic N) is 2. The van der Waals surface area contributed by atoms with E-state index >= 15 is 0 Å². The van der Waals surface area contributed by atoms with Gasteiger partial charge in [0.15, 0.2) is 5.82 Å². The first-order chi connectivity index (χ1) is 9.56. The number of hydrogen-bond donors (Lipinski definition) is 0. The Morgan fingerprint density at radius 2 is 1.75 bits per heavy atom. The molecule has 0 N–H and O–H groups in total. The van der Waals surface area contributed by atoms with Crippen LogP contribution in [0.2, 0.25) is 5.15 Å². The standard InChI is InChI=1S/C15H9BrClFN2/c1-8-2-4-9(5-3-8)15-19-13-11(18)7-6-10(16)12(13)14(17)20-15/h2-7H,1H3. The molecule has 5 heteroatoms. The van der Waals surface area contributed by atoms with Gasteiger partial charge in [0.05, 0.1) is 5.39 Å². The molecular formula is C15H9BrClFN2. The number of hydrogen-bond acceptors (Lipinski definition) is 2. The molecule has 0 bridgehead atoms. The zero-order chi connectivity index (χ0) is 14.3. The third kappa shape index (κ3) is 2.30. The molecule has 0 amide bonds. The number of rotatable bonds is 1. The Kier molecular flexibility index (Phi) is 3.44. The summed E-state index contributed by atoms with van der Waals surface area (Å²) in [5.74, 6) is 0.000335. The molecule has 0 radical (unpaired) electrons. The summed E-state index contributed by atoms with van der Waals surface area (Å²) in [5.41, 5.74) is 2.16. The third-order valence-corrected chi connectivity index (χ3v) is 3.95. The van der Waals surface area contributed by atoms with Crippen LogP contribution in [0.15, 0.2) is 40.9 Å². The highest BCUT2D eigenvalue weighted by atomic mass is 79.9. The molecule has 0 fully saturated rings. The van der Waals surface area contributed by atoms with Gasteiger partial charge in [0.2, 0.25) is 0 Å². The van der Waals surface area contributed by atoms with Crippen molar-refractivity contribution in [3.05, 3.63) is 57.4 Å². The van der Waals surface area contributed by atoms with Gasteiger partial charge in [-0.05, 0) is 35.0 Å². The van der Waals surface area contributed by atoms with Crippen molar-refractivity contribution < 1.29 is 4.39 Å². The molecule has 0 saturated carbocycles. The Morgan fingerprint density at radius 3 is 2.45 bits per heavy atom. The topological polar surface area (TPSA) is 25.8 Å². The van der Waals surface area contributed by atoms with Crippen LogP contribution in [0.5, 0.6) is 0 Å². The summed E-state index contributed by atoms with van der Waals surface area (Å²) in [6.45, 7) is 1.99. The van der Waals surface area contributed by atoms with Crippen molar-refractivity contribution in [1.82, 2.24) is 9.97 Å². The van der Waals surface area contributed by atoms with Crippen LogP contribution < -0.4 is 0 Å². The van der Waals surface area contributed by atoms with Gasteiger partial charge in [-0.15, -0.1) is 0 Å². The predicted molar refractivity (Wildman–Crippen MR) is 82.4 cm³/mol. The summed E-state index contributed by atoms with van der Waals surface area (Å²) in [6.07, 6.45) is 0. The Hall–Kier alpha value is -1.52. The van der Waals surface area contributed by atoms with E-state index in [1.54, 1.807) is 6.07 Å². The highest BCUT2D eigenvalue weighted by molar-refractivity contribution is 9.10. The SMILES string of the molecule is Cc1ccc(-c2nc(Cl)c3c(Br)ccc(F)c3n2)cc1. The van der Waals surface area contributed by atoms with E-state index in [1.165, 1.54) is 6.07 Å².